The predicted octanol–water partition coefficient (Wildman–Crippen LogP) is 4.57. The monoisotopic (exact) mass is 561 g/mol. The number of carbonyl (C=O) groups is 1. The van der Waals surface area contributed by atoms with Crippen LogP contribution in [0.4, 0.5) is 22.3 Å². The Morgan fingerprint density at radius 2 is 1.93 bits per heavy atom. The zero-order valence-corrected chi connectivity index (χ0v) is 20.9. The summed E-state index contributed by atoms with van der Waals surface area (Å²) in [5, 5.41) is 15.4. The van der Waals surface area contributed by atoms with E-state index in [1.54, 1.807) is 24.5 Å². The highest BCUT2D eigenvalue weighted by atomic mass is 19.4. The van der Waals surface area contributed by atoms with Crippen molar-refractivity contribution >= 4 is 29.1 Å². The average molecular weight is 562 g/mol. The minimum atomic E-state index is -4.60. The molecule has 0 saturated carbocycles. The summed E-state index contributed by atoms with van der Waals surface area (Å²) in [6.45, 7) is 2.64. The van der Waals surface area contributed by atoms with Gasteiger partial charge in [0.1, 0.15) is 30.1 Å². The number of rotatable bonds is 6. The van der Waals surface area contributed by atoms with Crippen molar-refractivity contribution in [2.75, 3.05) is 13.1 Å². The summed E-state index contributed by atoms with van der Waals surface area (Å²) in [5.41, 5.74) is -0.212. The molecule has 4 aromatic rings. The normalized spacial score (nSPS) is 15.4. The predicted molar refractivity (Wildman–Crippen MR) is 137 cm³/mol. The van der Waals surface area contributed by atoms with Crippen molar-refractivity contribution in [2.45, 2.75) is 31.2 Å². The lowest BCUT2D eigenvalue weighted by molar-refractivity contribution is -0.141. The molecule has 1 N–H and O–H groups in total. The van der Waals surface area contributed by atoms with E-state index in [4.69, 9.17) is 0 Å². The Bertz CT molecular complexity index is 1550. The maximum absolute atomic E-state index is 13.4. The van der Waals surface area contributed by atoms with Gasteiger partial charge in [-0.3, -0.25) is 28.7 Å². The molecule has 5 heterocycles. The fourth-order valence-electron chi connectivity index (χ4n) is 4.75. The SMILES string of the molecule is C=Cc1ncc(-c2nn(CC(F)(F)F)c3cc(C(=O)N4CCC(O)(c5cccnc5)CC4)ncc23)n1/C=C/F.F. The van der Waals surface area contributed by atoms with Crippen LogP contribution < -0.4 is 0 Å². The van der Waals surface area contributed by atoms with Gasteiger partial charge in [0.15, 0.2) is 0 Å². The Morgan fingerprint density at radius 3 is 2.55 bits per heavy atom. The molecule has 1 aliphatic rings. The Hall–Kier alpha value is -4.46. The van der Waals surface area contributed by atoms with Crippen molar-refractivity contribution in [1.29, 1.82) is 0 Å². The van der Waals surface area contributed by atoms with Gasteiger partial charge in [-0.25, -0.2) is 9.37 Å². The molecule has 0 atom stereocenters. The molecular formula is C26H24F5N7O2. The first kappa shape index (κ1) is 28.5. The molecule has 1 amide bonds. The lowest BCUT2D eigenvalue weighted by Crippen LogP contribution is -2.45. The van der Waals surface area contributed by atoms with Gasteiger partial charge in [-0.2, -0.15) is 18.3 Å². The molecule has 210 valence electrons. The lowest BCUT2D eigenvalue weighted by Gasteiger charge is -2.38. The molecule has 1 fully saturated rings. The van der Waals surface area contributed by atoms with Gasteiger partial charge in [0.2, 0.25) is 0 Å². The van der Waals surface area contributed by atoms with Gasteiger partial charge in [0.25, 0.3) is 5.91 Å². The van der Waals surface area contributed by atoms with E-state index in [-0.39, 0.29) is 70.8 Å². The Kier molecular flexibility index (Phi) is 7.82. The number of likely N-dealkylation sites (tertiary alicyclic amines) is 1. The maximum Gasteiger partial charge on any atom is 0.408 e. The summed E-state index contributed by atoms with van der Waals surface area (Å²) in [6.07, 6.45) is 4.40. The highest BCUT2D eigenvalue weighted by Gasteiger charge is 2.36. The lowest BCUT2D eigenvalue weighted by atomic mass is 9.85. The third kappa shape index (κ3) is 5.34. The smallest absolute Gasteiger partial charge is 0.385 e. The van der Waals surface area contributed by atoms with Crippen LogP contribution >= 0.6 is 0 Å². The van der Waals surface area contributed by atoms with Crippen molar-refractivity contribution in [3.05, 3.63) is 73.0 Å². The van der Waals surface area contributed by atoms with Crippen LogP contribution in [0.2, 0.25) is 0 Å². The highest BCUT2D eigenvalue weighted by Crippen LogP contribution is 2.34. The van der Waals surface area contributed by atoms with Crippen LogP contribution in [0, 0.1) is 0 Å². The summed E-state index contributed by atoms with van der Waals surface area (Å²) in [7, 11) is 0. The molecule has 0 aromatic carbocycles. The fraction of sp³-hybridized carbons (Fsp3) is 0.269. The van der Waals surface area contributed by atoms with Crippen molar-refractivity contribution < 1.29 is 32.2 Å². The molecule has 4 aromatic heterocycles. The number of aliphatic hydroxyl groups is 1. The number of amides is 1. The number of hydrogen-bond donors (Lipinski definition) is 1. The van der Waals surface area contributed by atoms with E-state index in [1.165, 1.54) is 34.0 Å². The number of piperidine rings is 1. The largest absolute Gasteiger partial charge is 0.408 e. The highest BCUT2D eigenvalue weighted by molar-refractivity contribution is 5.99. The number of halogens is 5. The van der Waals surface area contributed by atoms with Crippen LogP contribution in [0.5, 0.6) is 0 Å². The van der Waals surface area contributed by atoms with Crippen molar-refractivity contribution in [1.82, 2.24) is 34.2 Å². The summed E-state index contributed by atoms with van der Waals surface area (Å²) in [4.78, 5) is 27.2. The van der Waals surface area contributed by atoms with Crippen molar-refractivity contribution in [3.8, 4) is 11.4 Å². The maximum atomic E-state index is 13.4. The molecule has 14 heteroatoms. The van der Waals surface area contributed by atoms with Gasteiger partial charge in [0, 0.05) is 48.8 Å². The van der Waals surface area contributed by atoms with Crippen LogP contribution in [-0.2, 0) is 12.1 Å². The number of imidazole rings is 1. The van der Waals surface area contributed by atoms with Gasteiger partial charge < -0.3 is 10.0 Å². The Balaban J connectivity index is 0.00000370. The van der Waals surface area contributed by atoms with Gasteiger partial charge in [-0.1, -0.05) is 12.6 Å². The minimum absolute atomic E-state index is 0. The second kappa shape index (κ2) is 11.0. The number of fused-ring (bicyclic) bond motifs is 1. The van der Waals surface area contributed by atoms with Gasteiger partial charge in [-0.05, 0) is 31.1 Å². The fourth-order valence-corrected chi connectivity index (χ4v) is 4.75. The first-order chi connectivity index (χ1) is 18.6. The molecule has 40 heavy (non-hydrogen) atoms. The molecule has 9 nitrogen and oxygen atoms in total. The van der Waals surface area contributed by atoms with Crippen LogP contribution in [0.3, 0.4) is 0 Å². The standard InChI is InChI=1S/C26H23F4N7O2.FH/c1-2-22-33-15-21(36(22)11-7-27)23-18-14-32-19(12-20(18)37(34-23)16-26(28,29)30)24(38)35-9-5-25(39,6-10-35)17-4-3-8-31-13-17;/h2-4,7-8,11-15,39H,1,5-6,9-10,16H2;1H/b11-7+;. The van der Waals surface area contributed by atoms with Gasteiger partial charge in [-0.15, -0.1) is 0 Å². The van der Waals surface area contributed by atoms with E-state index in [1.807, 2.05) is 0 Å². The minimum Gasteiger partial charge on any atom is -0.385 e. The first-order valence-electron chi connectivity index (χ1n) is 12.0. The number of alkyl halides is 3. The van der Waals surface area contributed by atoms with E-state index in [2.05, 4.69) is 26.6 Å². The van der Waals surface area contributed by atoms with E-state index in [9.17, 15) is 27.5 Å². The van der Waals surface area contributed by atoms with Crippen molar-refractivity contribution in [2.24, 2.45) is 0 Å². The van der Waals surface area contributed by atoms with E-state index < -0.39 is 24.2 Å². The molecule has 5 rings (SSSR count). The molecular weight excluding hydrogens is 537 g/mol. The van der Waals surface area contributed by atoms with E-state index in [0.717, 1.165) is 10.9 Å². The van der Waals surface area contributed by atoms with E-state index in [0.29, 0.717) is 5.56 Å². The number of carbonyl (C=O) groups excluding carboxylic acids is 1. The molecule has 0 spiro atoms. The topological polar surface area (TPSA) is 102 Å². The number of nitrogens with zero attached hydrogens (tertiary/aromatic N) is 7. The summed E-state index contributed by atoms with van der Waals surface area (Å²) in [5.74, 6) is -0.223. The molecule has 0 bridgehead atoms. The van der Waals surface area contributed by atoms with Crippen LogP contribution in [0.25, 0.3) is 34.6 Å². The molecule has 1 aliphatic heterocycles. The van der Waals surface area contributed by atoms with Crippen molar-refractivity contribution in [3.63, 3.8) is 0 Å². The number of pyridine rings is 2. The van der Waals surface area contributed by atoms with Crippen LogP contribution in [-0.4, -0.2) is 64.5 Å². The average Bonchev–Trinajstić information content (AvgIpc) is 3.48. The molecule has 0 unspecified atom stereocenters. The number of hydrogen-bond acceptors (Lipinski definition) is 6. The first-order valence-corrected chi connectivity index (χ1v) is 12.0. The third-order valence-electron chi connectivity index (χ3n) is 6.72. The molecule has 1 saturated heterocycles. The molecule has 0 aliphatic carbocycles. The quantitative estimate of drug-likeness (QED) is 0.346. The second-order valence-electron chi connectivity index (χ2n) is 9.12. The van der Waals surface area contributed by atoms with Crippen LogP contribution in [0.15, 0.2) is 55.9 Å². The van der Waals surface area contributed by atoms with E-state index >= 15 is 0 Å². The van der Waals surface area contributed by atoms with Gasteiger partial charge in [0.05, 0.1) is 23.0 Å². The summed E-state index contributed by atoms with van der Waals surface area (Å²) < 4.78 is 55.4. The molecule has 0 radical (unpaired) electrons. The summed E-state index contributed by atoms with van der Waals surface area (Å²) >= 11 is 0. The van der Waals surface area contributed by atoms with Crippen LogP contribution in [0.1, 0.15) is 34.7 Å². The zero-order chi connectivity index (χ0) is 27.8. The third-order valence-corrected chi connectivity index (χ3v) is 6.72. The summed E-state index contributed by atoms with van der Waals surface area (Å²) in [6, 6.07) is 4.76. The Labute approximate surface area is 224 Å². The Morgan fingerprint density at radius 1 is 1.18 bits per heavy atom. The number of aromatic nitrogens is 6. The second-order valence-corrected chi connectivity index (χ2v) is 9.12. The van der Waals surface area contributed by atoms with Gasteiger partial charge >= 0.3 is 6.18 Å². The zero-order valence-electron chi connectivity index (χ0n) is 20.9.